The van der Waals surface area contributed by atoms with E-state index < -0.39 is 0 Å². The lowest BCUT2D eigenvalue weighted by molar-refractivity contribution is -0.133. The van der Waals surface area contributed by atoms with Gasteiger partial charge >= 0.3 is 0 Å². The molecule has 1 N–H and O–H groups in total. The molecular weight excluding hydrogens is 238 g/mol. The van der Waals surface area contributed by atoms with Crippen LogP contribution >= 0.6 is 0 Å². The molecular formula is C15H27N3O. The van der Waals surface area contributed by atoms with E-state index in [4.69, 9.17) is 0 Å². The summed E-state index contributed by atoms with van der Waals surface area (Å²) in [5.74, 6) is 0.339. The maximum Gasteiger partial charge on any atom is 0.222 e. The van der Waals surface area contributed by atoms with Crippen molar-refractivity contribution in [1.82, 2.24) is 15.1 Å². The predicted octanol–water partition coefficient (Wildman–Crippen LogP) is 1.24. The molecule has 2 aliphatic rings. The fraction of sp³-hybridized carbons (Fsp3) is 0.800. The molecule has 108 valence electrons. The molecule has 2 rings (SSSR count). The highest BCUT2D eigenvalue weighted by Crippen LogP contribution is 2.13. The Hall–Kier alpha value is -0.870. The number of nitrogens with zero attached hydrogens (tertiary/aromatic N) is 2. The summed E-state index contributed by atoms with van der Waals surface area (Å²) < 4.78 is 0. The van der Waals surface area contributed by atoms with Gasteiger partial charge in [-0.25, -0.2) is 0 Å². The van der Waals surface area contributed by atoms with Gasteiger partial charge < -0.3 is 10.2 Å². The number of piperazine rings is 1. The fourth-order valence-electron chi connectivity index (χ4n) is 2.99. The summed E-state index contributed by atoms with van der Waals surface area (Å²) >= 11 is 0. The molecule has 0 aromatic rings. The zero-order valence-corrected chi connectivity index (χ0v) is 11.9. The van der Waals surface area contributed by atoms with Crippen LogP contribution in [0.1, 0.15) is 32.1 Å². The van der Waals surface area contributed by atoms with Gasteiger partial charge in [0.1, 0.15) is 0 Å². The largest absolute Gasteiger partial charge is 0.340 e. The van der Waals surface area contributed by atoms with Crippen molar-refractivity contribution in [2.24, 2.45) is 0 Å². The maximum absolute atomic E-state index is 12.2. The van der Waals surface area contributed by atoms with Gasteiger partial charge in [-0.1, -0.05) is 12.5 Å². The van der Waals surface area contributed by atoms with Crippen LogP contribution in [0.3, 0.4) is 0 Å². The minimum Gasteiger partial charge on any atom is -0.340 e. The third-order valence-electron chi connectivity index (χ3n) is 4.23. The number of rotatable bonds is 5. The minimum absolute atomic E-state index is 0.339. The highest BCUT2D eigenvalue weighted by Gasteiger charge is 2.21. The molecule has 4 heteroatoms. The van der Waals surface area contributed by atoms with Gasteiger partial charge in [-0.2, -0.15) is 0 Å². The summed E-state index contributed by atoms with van der Waals surface area (Å²) in [6.07, 6.45) is 7.49. The van der Waals surface area contributed by atoms with Crippen molar-refractivity contribution >= 4 is 5.91 Å². The number of carbonyl (C=O) groups excluding carboxylic acids is 1. The van der Waals surface area contributed by atoms with E-state index >= 15 is 0 Å². The second kappa shape index (κ2) is 7.65. The molecule has 0 saturated carbocycles. The first-order valence-corrected chi connectivity index (χ1v) is 7.64. The molecule has 1 atom stereocenters. The first-order chi connectivity index (χ1) is 9.29. The van der Waals surface area contributed by atoms with Gasteiger partial charge in [-0.05, 0) is 25.8 Å². The van der Waals surface area contributed by atoms with E-state index in [-0.39, 0.29) is 0 Å². The van der Waals surface area contributed by atoms with Crippen LogP contribution in [0.15, 0.2) is 12.7 Å². The molecule has 2 saturated heterocycles. The van der Waals surface area contributed by atoms with Gasteiger partial charge in [0, 0.05) is 45.2 Å². The zero-order chi connectivity index (χ0) is 13.5. The Balaban J connectivity index is 1.64. The normalized spacial score (nSPS) is 25.3. The Morgan fingerprint density at radius 2 is 2.05 bits per heavy atom. The predicted molar refractivity (Wildman–Crippen MR) is 78.1 cm³/mol. The number of nitrogens with one attached hydrogen (secondary N) is 1. The second-order valence-corrected chi connectivity index (χ2v) is 5.66. The number of hydrogen-bond acceptors (Lipinski definition) is 3. The van der Waals surface area contributed by atoms with Crippen LogP contribution in [0.4, 0.5) is 0 Å². The molecule has 0 spiro atoms. The summed E-state index contributed by atoms with van der Waals surface area (Å²) in [4.78, 5) is 16.5. The van der Waals surface area contributed by atoms with Crippen LogP contribution in [-0.2, 0) is 4.79 Å². The summed E-state index contributed by atoms with van der Waals surface area (Å²) in [7, 11) is 0. The van der Waals surface area contributed by atoms with Gasteiger partial charge in [0.25, 0.3) is 0 Å². The van der Waals surface area contributed by atoms with Gasteiger partial charge in [-0.3, -0.25) is 9.69 Å². The van der Waals surface area contributed by atoms with E-state index in [0.29, 0.717) is 18.4 Å². The molecule has 2 fully saturated rings. The lowest BCUT2D eigenvalue weighted by Gasteiger charge is -2.34. The van der Waals surface area contributed by atoms with Crippen molar-refractivity contribution in [2.45, 2.75) is 38.1 Å². The molecule has 0 aromatic carbocycles. The van der Waals surface area contributed by atoms with Gasteiger partial charge in [0.15, 0.2) is 0 Å². The molecule has 19 heavy (non-hydrogen) atoms. The van der Waals surface area contributed by atoms with Crippen molar-refractivity contribution in [3.05, 3.63) is 12.7 Å². The Bertz CT molecular complexity index is 292. The maximum atomic E-state index is 12.2. The van der Waals surface area contributed by atoms with Gasteiger partial charge in [-0.15, -0.1) is 6.58 Å². The smallest absolute Gasteiger partial charge is 0.222 e. The summed E-state index contributed by atoms with van der Waals surface area (Å²) in [6, 6.07) is 0.569. The molecule has 4 nitrogen and oxygen atoms in total. The molecule has 2 heterocycles. The van der Waals surface area contributed by atoms with Gasteiger partial charge in [0.05, 0.1) is 0 Å². The highest BCUT2D eigenvalue weighted by molar-refractivity contribution is 5.76. The summed E-state index contributed by atoms with van der Waals surface area (Å²) in [5.41, 5.74) is 0. The van der Waals surface area contributed by atoms with Crippen LogP contribution in [0, 0.1) is 0 Å². The number of piperidine rings is 1. The van der Waals surface area contributed by atoms with Crippen LogP contribution in [0.2, 0.25) is 0 Å². The van der Waals surface area contributed by atoms with E-state index in [9.17, 15) is 4.79 Å². The van der Waals surface area contributed by atoms with Crippen molar-refractivity contribution < 1.29 is 4.79 Å². The lowest BCUT2D eigenvalue weighted by atomic mass is 10.0. The standard InChI is InChI=1S/C15H27N3O/c1-2-9-17-10-12-18(13-11-17)15(19)7-6-14-5-3-4-8-16-14/h2,14,16H,1,3-13H2. The third-order valence-corrected chi connectivity index (χ3v) is 4.23. The summed E-state index contributed by atoms with van der Waals surface area (Å²) in [6.45, 7) is 9.55. The third kappa shape index (κ3) is 4.62. The van der Waals surface area contributed by atoms with E-state index in [1.54, 1.807) is 0 Å². The van der Waals surface area contributed by atoms with Crippen molar-refractivity contribution in [1.29, 1.82) is 0 Å². The van der Waals surface area contributed by atoms with E-state index in [0.717, 1.165) is 45.7 Å². The van der Waals surface area contributed by atoms with Crippen LogP contribution in [0.5, 0.6) is 0 Å². The summed E-state index contributed by atoms with van der Waals surface area (Å²) in [5, 5.41) is 3.51. The van der Waals surface area contributed by atoms with E-state index in [1.165, 1.54) is 19.3 Å². The lowest BCUT2D eigenvalue weighted by Crippen LogP contribution is -2.48. The topological polar surface area (TPSA) is 35.6 Å². The molecule has 1 amide bonds. The Labute approximate surface area is 116 Å². The van der Waals surface area contributed by atoms with Crippen molar-refractivity contribution in [2.75, 3.05) is 39.3 Å². The minimum atomic E-state index is 0.339. The number of amides is 1. The quantitative estimate of drug-likeness (QED) is 0.760. The van der Waals surface area contributed by atoms with Crippen molar-refractivity contribution in [3.63, 3.8) is 0 Å². The van der Waals surface area contributed by atoms with Crippen LogP contribution < -0.4 is 5.32 Å². The Morgan fingerprint density at radius 3 is 2.68 bits per heavy atom. The average Bonchev–Trinajstić information content (AvgIpc) is 2.47. The molecule has 1 unspecified atom stereocenters. The zero-order valence-electron chi connectivity index (χ0n) is 11.9. The first-order valence-electron chi connectivity index (χ1n) is 7.64. The fourth-order valence-corrected chi connectivity index (χ4v) is 2.99. The SMILES string of the molecule is C=CCN1CCN(C(=O)CCC2CCCCN2)CC1. The van der Waals surface area contributed by atoms with Crippen LogP contribution in [0.25, 0.3) is 0 Å². The van der Waals surface area contributed by atoms with Crippen LogP contribution in [-0.4, -0.2) is 61.0 Å². The van der Waals surface area contributed by atoms with E-state index in [1.807, 2.05) is 11.0 Å². The monoisotopic (exact) mass is 265 g/mol. The van der Waals surface area contributed by atoms with Crippen molar-refractivity contribution in [3.8, 4) is 0 Å². The molecule has 0 aromatic heterocycles. The highest BCUT2D eigenvalue weighted by atomic mass is 16.2. The average molecular weight is 265 g/mol. The molecule has 0 aliphatic carbocycles. The Kier molecular flexibility index (Phi) is 5.86. The number of carbonyl (C=O) groups is 1. The molecule has 2 aliphatic heterocycles. The van der Waals surface area contributed by atoms with Gasteiger partial charge in [0.2, 0.25) is 5.91 Å². The first kappa shape index (κ1) is 14.5. The molecule has 0 bridgehead atoms. The molecule has 0 radical (unpaired) electrons. The van der Waals surface area contributed by atoms with E-state index in [2.05, 4.69) is 16.8 Å². The Morgan fingerprint density at radius 1 is 1.26 bits per heavy atom. The second-order valence-electron chi connectivity index (χ2n) is 5.66. The number of hydrogen-bond donors (Lipinski definition) is 1.